The van der Waals surface area contributed by atoms with Gasteiger partial charge >= 0.3 is 0 Å². The molecule has 3 heteroatoms. The lowest BCUT2D eigenvalue weighted by Crippen LogP contribution is -2.17. The molecule has 2 N–H and O–H groups in total. The third-order valence-electron chi connectivity index (χ3n) is 3.27. The van der Waals surface area contributed by atoms with Crippen molar-refractivity contribution in [2.45, 2.75) is 19.5 Å². The molecule has 0 aliphatic rings. The van der Waals surface area contributed by atoms with E-state index in [2.05, 4.69) is 48.3 Å². The van der Waals surface area contributed by atoms with Crippen LogP contribution in [0.1, 0.15) is 16.7 Å². The summed E-state index contributed by atoms with van der Waals surface area (Å²) >= 11 is 5.90. The van der Waals surface area contributed by atoms with Crippen molar-refractivity contribution in [3.8, 4) is 0 Å². The van der Waals surface area contributed by atoms with Crippen LogP contribution in [0.2, 0.25) is 5.02 Å². The van der Waals surface area contributed by atoms with E-state index in [1.807, 2.05) is 12.1 Å². The summed E-state index contributed by atoms with van der Waals surface area (Å²) in [5.74, 6) is 0. The van der Waals surface area contributed by atoms with Crippen LogP contribution >= 0.6 is 11.6 Å². The third-order valence-corrected chi connectivity index (χ3v) is 3.53. The van der Waals surface area contributed by atoms with Gasteiger partial charge in [0.2, 0.25) is 0 Å². The highest BCUT2D eigenvalue weighted by atomic mass is 35.5. The maximum Gasteiger partial charge on any atom is 0.0406 e. The molecule has 2 nitrogen and oxygen atoms in total. The van der Waals surface area contributed by atoms with Crippen molar-refractivity contribution in [2.24, 2.45) is 5.73 Å². The molecule has 0 amide bonds. The molecule has 0 spiro atoms. The van der Waals surface area contributed by atoms with Gasteiger partial charge in [0.25, 0.3) is 0 Å². The molecule has 0 radical (unpaired) electrons. The average Bonchev–Trinajstić information content (AvgIpc) is 2.44. The summed E-state index contributed by atoms with van der Waals surface area (Å²) in [5.41, 5.74) is 9.46. The van der Waals surface area contributed by atoms with Crippen LogP contribution in [0.15, 0.2) is 48.5 Å². The Balaban J connectivity index is 1.90. The predicted molar refractivity (Wildman–Crippen MR) is 85.8 cm³/mol. The Bertz CT molecular complexity index is 520. The van der Waals surface area contributed by atoms with Crippen molar-refractivity contribution < 1.29 is 0 Å². The smallest absolute Gasteiger partial charge is 0.0406 e. The Labute approximate surface area is 126 Å². The number of benzene rings is 2. The minimum atomic E-state index is 0.704. The number of halogens is 1. The quantitative estimate of drug-likeness (QED) is 0.882. The summed E-state index contributed by atoms with van der Waals surface area (Å²) in [7, 11) is 2.13. The first kappa shape index (κ1) is 15.0. The highest BCUT2D eigenvalue weighted by molar-refractivity contribution is 6.30. The first-order chi connectivity index (χ1) is 9.67. The van der Waals surface area contributed by atoms with Crippen molar-refractivity contribution >= 4 is 11.6 Å². The Morgan fingerprint density at radius 2 is 1.30 bits per heavy atom. The zero-order chi connectivity index (χ0) is 14.4. The molecule has 0 bridgehead atoms. The van der Waals surface area contributed by atoms with E-state index in [1.54, 1.807) is 0 Å². The SMILES string of the molecule is CN(Cc1ccc(Cl)cc1)Cc1ccc(CCN)cc1. The molecular weight excluding hydrogens is 268 g/mol. The van der Waals surface area contributed by atoms with Crippen molar-refractivity contribution in [3.05, 3.63) is 70.2 Å². The molecule has 2 aromatic rings. The molecule has 20 heavy (non-hydrogen) atoms. The molecule has 0 aliphatic heterocycles. The normalized spacial score (nSPS) is 11.0. The zero-order valence-corrected chi connectivity index (χ0v) is 12.6. The highest BCUT2D eigenvalue weighted by Gasteiger charge is 2.02. The van der Waals surface area contributed by atoms with E-state index in [0.29, 0.717) is 6.54 Å². The maximum absolute atomic E-state index is 5.90. The first-order valence-electron chi connectivity index (χ1n) is 6.88. The highest BCUT2D eigenvalue weighted by Crippen LogP contribution is 2.13. The first-order valence-corrected chi connectivity index (χ1v) is 7.26. The minimum Gasteiger partial charge on any atom is -0.330 e. The molecule has 0 unspecified atom stereocenters. The van der Waals surface area contributed by atoms with Gasteiger partial charge in [-0.25, -0.2) is 0 Å². The van der Waals surface area contributed by atoms with Crippen LogP contribution in [-0.2, 0) is 19.5 Å². The van der Waals surface area contributed by atoms with Crippen LogP contribution in [0.4, 0.5) is 0 Å². The summed E-state index contributed by atoms with van der Waals surface area (Å²) in [4.78, 5) is 2.29. The molecule has 0 heterocycles. The third kappa shape index (κ3) is 4.64. The largest absolute Gasteiger partial charge is 0.330 e. The molecule has 2 aromatic carbocycles. The van der Waals surface area contributed by atoms with Crippen LogP contribution in [0.5, 0.6) is 0 Å². The van der Waals surface area contributed by atoms with E-state index in [0.717, 1.165) is 24.5 Å². The topological polar surface area (TPSA) is 29.3 Å². The van der Waals surface area contributed by atoms with Gasteiger partial charge in [0, 0.05) is 18.1 Å². The fourth-order valence-electron chi connectivity index (χ4n) is 2.25. The van der Waals surface area contributed by atoms with E-state index >= 15 is 0 Å². The van der Waals surface area contributed by atoms with Gasteiger partial charge in [-0.2, -0.15) is 0 Å². The van der Waals surface area contributed by atoms with Gasteiger partial charge < -0.3 is 5.73 Å². The second-order valence-corrected chi connectivity index (χ2v) is 5.59. The molecule has 0 saturated carbocycles. The summed E-state index contributed by atoms with van der Waals surface area (Å²) in [5, 5.41) is 0.784. The van der Waals surface area contributed by atoms with E-state index in [4.69, 9.17) is 17.3 Å². The van der Waals surface area contributed by atoms with Gasteiger partial charge in [0.1, 0.15) is 0 Å². The van der Waals surface area contributed by atoms with Crippen molar-refractivity contribution in [2.75, 3.05) is 13.6 Å². The van der Waals surface area contributed by atoms with Crippen molar-refractivity contribution in [1.29, 1.82) is 0 Å². The molecule has 0 aliphatic carbocycles. The van der Waals surface area contributed by atoms with Gasteiger partial charge in [-0.15, -0.1) is 0 Å². The maximum atomic E-state index is 5.90. The van der Waals surface area contributed by atoms with Crippen LogP contribution in [-0.4, -0.2) is 18.5 Å². The Morgan fingerprint density at radius 3 is 1.80 bits per heavy atom. The van der Waals surface area contributed by atoms with E-state index in [1.165, 1.54) is 16.7 Å². The zero-order valence-electron chi connectivity index (χ0n) is 11.8. The number of nitrogens with zero attached hydrogens (tertiary/aromatic N) is 1. The summed E-state index contributed by atoms with van der Waals surface area (Å²) in [6.45, 7) is 2.56. The van der Waals surface area contributed by atoms with Gasteiger partial charge in [0.15, 0.2) is 0 Å². The van der Waals surface area contributed by atoms with Crippen molar-refractivity contribution in [3.63, 3.8) is 0 Å². The van der Waals surface area contributed by atoms with E-state index in [-0.39, 0.29) is 0 Å². The van der Waals surface area contributed by atoms with Gasteiger partial charge in [-0.3, -0.25) is 4.90 Å². The lowest BCUT2D eigenvalue weighted by atomic mass is 10.1. The number of nitrogens with two attached hydrogens (primary N) is 1. The van der Waals surface area contributed by atoms with Crippen LogP contribution in [0.25, 0.3) is 0 Å². The van der Waals surface area contributed by atoms with Crippen molar-refractivity contribution in [1.82, 2.24) is 4.90 Å². The van der Waals surface area contributed by atoms with E-state index in [9.17, 15) is 0 Å². The molecule has 0 atom stereocenters. The lowest BCUT2D eigenvalue weighted by molar-refractivity contribution is 0.319. The molecule has 2 rings (SSSR count). The number of hydrogen-bond acceptors (Lipinski definition) is 2. The van der Waals surface area contributed by atoms with Gasteiger partial charge in [-0.05, 0) is 48.8 Å². The standard InChI is InChI=1S/C17H21ClN2/c1-20(13-16-6-8-17(18)9-7-16)12-15-4-2-14(3-5-15)10-11-19/h2-9H,10-13,19H2,1H3. The summed E-state index contributed by atoms with van der Waals surface area (Å²) < 4.78 is 0. The molecular formula is C17H21ClN2. The summed E-state index contributed by atoms with van der Waals surface area (Å²) in [6, 6.07) is 16.7. The Morgan fingerprint density at radius 1 is 0.850 bits per heavy atom. The number of hydrogen-bond donors (Lipinski definition) is 1. The lowest BCUT2D eigenvalue weighted by Gasteiger charge is -2.17. The average molecular weight is 289 g/mol. The fraction of sp³-hybridized carbons (Fsp3) is 0.294. The molecule has 0 saturated heterocycles. The molecule has 0 aromatic heterocycles. The molecule has 0 fully saturated rings. The van der Waals surface area contributed by atoms with Gasteiger partial charge in [0.05, 0.1) is 0 Å². The predicted octanol–water partition coefficient (Wildman–Crippen LogP) is 3.47. The van der Waals surface area contributed by atoms with Crippen LogP contribution in [0, 0.1) is 0 Å². The number of rotatable bonds is 6. The Kier molecular flexibility index (Phi) is 5.60. The Hall–Kier alpha value is -1.35. The monoisotopic (exact) mass is 288 g/mol. The summed E-state index contributed by atoms with van der Waals surface area (Å²) in [6.07, 6.45) is 0.945. The minimum absolute atomic E-state index is 0.704. The van der Waals surface area contributed by atoms with Crippen LogP contribution < -0.4 is 5.73 Å². The fourth-order valence-corrected chi connectivity index (χ4v) is 2.37. The van der Waals surface area contributed by atoms with E-state index < -0.39 is 0 Å². The molecule has 106 valence electrons. The van der Waals surface area contributed by atoms with Crippen LogP contribution in [0.3, 0.4) is 0 Å². The second-order valence-electron chi connectivity index (χ2n) is 5.15. The second kappa shape index (κ2) is 7.44. The van der Waals surface area contributed by atoms with Gasteiger partial charge in [-0.1, -0.05) is 48.0 Å².